The van der Waals surface area contributed by atoms with Crippen molar-refractivity contribution in [3.63, 3.8) is 0 Å². The Labute approximate surface area is 110 Å². The fraction of sp³-hybridized carbons (Fsp3) is 0.357. The molecule has 1 aliphatic carbocycles. The number of aromatic nitrogens is 1. The van der Waals surface area contributed by atoms with Gasteiger partial charge >= 0.3 is 0 Å². The molecular formula is C14H14N2OS. The van der Waals surface area contributed by atoms with E-state index in [-0.39, 0.29) is 5.60 Å². The van der Waals surface area contributed by atoms with Crippen molar-refractivity contribution in [2.24, 2.45) is 0 Å². The van der Waals surface area contributed by atoms with Gasteiger partial charge in [-0.15, -0.1) is 0 Å². The SMILES string of the molecule is Nc1nc2c(s1)C1(CCCC1)Oc1ccccc1-2. The average molecular weight is 258 g/mol. The van der Waals surface area contributed by atoms with E-state index in [0.717, 1.165) is 29.8 Å². The van der Waals surface area contributed by atoms with Gasteiger partial charge in [0.1, 0.15) is 11.4 Å². The van der Waals surface area contributed by atoms with Gasteiger partial charge in [-0.2, -0.15) is 0 Å². The zero-order valence-corrected chi connectivity index (χ0v) is 10.8. The number of nitrogens with two attached hydrogens (primary N) is 1. The summed E-state index contributed by atoms with van der Waals surface area (Å²) in [4.78, 5) is 5.76. The third-order valence-electron chi connectivity index (χ3n) is 3.92. The third kappa shape index (κ3) is 1.27. The lowest BCUT2D eigenvalue weighted by Crippen LogP contribution is -2.31. The molecule has 92 valence electrons. The van der Waals surface area contributed by atoms with Crippen LogP contribution in [0.4, 0.5) is 5.13 Å². The normalized spacial score (nSPS) is 19.3. The first-order chi connectivity index (χ1) is 8.78. The maximum atomic E-state index is 6.34. The van der Waals surface area contributed by atoms with Crippen molar-refractivity contribution >= 4 is 16.5 Å². The molecule has 18 heavy (non-hydrogen) atoms. The molecule has 0 saturated heterocycles. The van der Waals surface area contributed by atoms with E-state index in [0.29, 0.717) is 5.13 Å². The molecule has 1 aromatic carbocycles. The predicted octanol–water partition coefficient (Wildman–Crippen LogP) is 3.55. The molecule has 1 fully saturated rings. The molecule has 0 bridgehead atoms. The summed E-state index contributed by atoms with van der Waals surface area (Å²) in [5.41, 5.74) is 7.89. The van der Waals surface area contributed by atoms with Gasteiger partial charge in [-0.25, -0.2) is 4.98 Å². The van der Waals surface area contributed by atoms with Crippen molar-refractivity contribution in [3.8, 4) is 17.0 Å². The number of ether oxygens (including phenoxy) is 1. The van der Waals surface area contributed by atoms with Crippen LogP contribution >= 0.6 is 11.3 Å². The topological polar surface area (TPSA) is 48.1 Å². The highest BCUT2D eigenvalue weighted by molar-refractivity contribution is 7.16. The van der Waals surface area contributed by atoms with E-state index in [4.69, 9.17) is 10.5 Å². The van der Waals surface area contributed by atoms with Crippen LogP contribution in [0.1, 0.15) is 30.6 Å². The van der Waals surface area contributed by atoms with Crippen molar-refractivity contribution in [2.45, 2.75) is 31.3 Å². The first-order valence-corrected chi connectivity index (χ1v) is 7.15. The van der Waals surface area contributed by atoms with E-state index in [2.05, 4.69) is 11.1 Å². The van der Waals surface area contributed by atoms with E-state index in [1.54, 1.807) is 11.3 Å². The maximum absolute atomic E-state index is 6.34. The molecule has 2 aliphatic rings. The van der Waals surface area contributed by atoms with Gasteiger partial charge in [0.05, 0.1) is 10.6 Å². The second-order valence-corrected chi connectivity index (χ2v) is 6.06. The molecule has 4 heteroatoms. The van der Waals surface area contributed by atoms with Crippen molar-refractivity contribution in [3.05, 3.63) is 29.1 Å². The number of para-hydroxylation sites is 1. The number of rotatable bonds is 0. The Kier molecular flexibility index (Phi) is 2.01. The van der Waals surface area contributed by atoms with Crippen LogP contribution in [0.25, 0.3) is 11.3 Å². The van der Waals surface area contributed by atoms with Crippen LogP contribution in [0.15, 0.2) is 24.3 Å². The Morgan fingerprint density at radius 2 is 2.00 bits per heavy atom. The number of nitrogens with zero attached hydrogens (tertiary/aromatic N) is 1. The number of thiazole rings is 1. The summed E-state index contributed by atoms with van der Waals surface area (Å²) in [6, 6.07) is 8.14. The minimum Gasteiger partial charge on any atom is -0.481 e. The van der Waals surface area contributed by atoms with Crippen molar-refractivity contribution in [1.82, 2.24) is 4.98 Å². The molecule has 1 aromatic heterocycles. The molecule has 2 aromatic rings. The smallest absolute Gasteiger partial charge is 0.180 e. The molecule has 0 radical (unpaired) electrons. The molecule has 1 aliphatic heterocycles. The zero-order chi connectivity index (χ0) is 12.2. The molecule has 0 amide bonds. The molecule has 3 nitrogen and oxygen atoms in total. The molecule has 0 unspecified atom stereocenters. The third-order valence-corrected chi connectivity index (χ3v) is 4.99. The highest BCUT2D eigenvalue weighted by Gasteiger charge is 2.45. The second kappa shape index (κ2) is 3.48. The predicted molar refractivity (Wildman–Crippen MR) is 72.7 cm³/mol. The van der Waals surface area contributed by atoms with Gasteiger partial charge in [-0.3, -0.25) is 0 Å². The summed E-state index contributed by atoms with van der Waals surface area (Å²) in [6.07, 6.45) is 4.60. The first kappa shape index (κ1) is 10.4. The number of hydrogen-bond donors (Lipinski definition) is 1. The summed E-state index contributed by atoms with van der Waals surface area (Å²) >= 11 is 1.59. The molecule has 2 heterocycles. The van der Waals surface area contributed by atoms with E-state index in [9.17, 15) is 0 Å². The van der Waals surface area contributed by atoms with Gasteiger partial charge in [0.2, 0.25) is 0 Å². The average Bonchev–Trinajstić information content (AvgIpc) is 2.97. The number of anilines is 1. The monoisotopic (exact) mass is 258 g/mol. The van der Waals surface area contributed by atoms with Gasteiger partial charge in [-0.05, 0) is 37.8 Å². The van der Waals surface area contributed by atoms with Crippen LogP contribution in [0.3, 0.4) is 0 Å². The highest BCUT2D eigenvalue weighted by atomic mass is 32.1. The minimum absolute atomic E-state index is 0.154. The quantitative estimate of drug-likeness (QED) is 0.786. The van der Waals surface area contributed by atoms with Crippen LogP contribution in [0.5, 0.6) is 5.75 Å². The Hall–Kier alpha value is -1.55. The number of nitrogen functional groups attached to an aromatic ring is 1. The van der Waals surface area contributed by atoms with Crippen molar-refractivity contribution in [1.29, 1.82) is 0 Å². The fourth-order valence-corrected chi connectivity index (χ4v) is 4.14. The van der Waals surface area contributed by atoms with Crippen LogP contribution in [-0.4, -0.2) is 4.98 Å². The summed E-state index contributed by atoms with van der Waals surface area (Å²) in [5, 5.41) is 0.645. The van der Waals surface area contributed by atoms with Gasteiger partial charge in [0.15, 0.2) is 5.13 Å². The van der Waals surface area contributed by atoms with Crippen molar-refractivity contribution in [2.75, 3.05) is 5.73 Å². The largest absolute Gasteiger partial charge is 0.481 e. The Morgan fingerprint density at radius 3 is 2.83 bits per heavy atom. The van der Waals surface area contributed by atoms with Crippen LogP contribution < -0.4 is 10.5 Å². The van der Waals surface area contributed by atoms with Crippen LogP contribution in [-0.2, 0) is 5.60 Å². The summed E-state index contributed by atoms with van der Waals surface area (Å²) in [7, 11) is 0. The lowest BCUT2D eigenvalue weighted by Gasteiger charge is -2.34. The minimum atomic E-state index is -0.154. The van der Waals surface area contributed by atoms with Crippen molar-refractivity contribution < 1.29 is 4.74 Å². The number of benzene rings is 1. The summed E-state index contributed by atoms with van der Waals surface area (Å²) in [6.45, 7) is 0. The van der Waals surface area contributed by atoms with E-state index in [1.807, 2.05) is 18.2 Å². The maximum Gasteiger partial charge on any atom is 0.180 e. The Balaban J connectivity index is 1.99. The highest BCUT2D eigenvalue weighted by Crippen LogP contribution is 2.54. The van der Waals surface area contributed by atoms with E-state index >= 15 is 0 Å². The standard InChI is InChI=1S/C14H14N2OS/c15-13-16-11-9-5-1-2-6-10(9)17-14(12(11)18-13)7-3-4-8-14/h1-2,5-6H,3-4,7-8H2,(H2,15,16). The Bertz CT molecular complexity index is 614. The first-order valence-electron chi connectivity index (χ1n) is 6.34. The molecule has 1 spiro atoms. The molecule has 1 saturated carbocycles. The van der Waals surface area contributed by atoms with Gasteiger partial charge in [-0.1, -0.05) is 23.5 Å². The summed E-state index contributed by atoms with van der Waals surface area (Å²) in [5.74, 6) is 0.956. The van der Waals surface area contributed by atoms with E-state index < -0.39 is 0 Å². The molecule has 2 N–H and O–H groups in total. The summed E-state index contributed by atoms with van der Waals surface area (Å²) < 4.78 is 6.34. The zero-order valence-electron chi connectivity index (χ0n) is 9.98. The van der Waals surface area contributed by atoms with Gasteiger partial charge in [0.25, 0.3) is 0 Å². The lowest BCUT2D eigenvalue weighted by atomic mass is 9.92. The van der Waals surface area contributed by atoms with Crippen LogP contribution in [0, 0.1) is 0 Å². The number of hydrogen-bond acceptors (Lipinski definition) is 4. The molecule has 0 atom stereocenters. The number of fused-ring (bicyclic) bond motifs is 4. The Morgan fingerprint density at radius 1 is 1.22 bits per heavy atom. The molecular weight excluding hydrogens is 244 g/mol. The van der Waals surface area contributed by atoms with Crippen LogP contribution in [0.2, 0.25) is 0 Å². The van der Waals surface area contributed by atoms with Gasteiger partial charge in [0, 0.05) is 5.56 Å². The lowest BCUT2D eigenvalue weighted by molar-refractivity contribution is 0.0748. The molecule has 4 rings (SSSR count). The van der Waals surface area contributed by atoms with Gasteiger partial charge < -0.3 is 10.5 Å². The van der Waals surface area contributed by atoms with E-state index in [1.165, 1.54) is 17.7 Å². The second-order valence-electron chi connectivity index (χ2n) is 5.03. The fourth-order valence-electron chi connectivity index (χ4n) is 3.11.